The van der Waals surface area contributed by atoms with E-state index < -0.39 is 9.85 Å². The SMILES string of the molecule is O=[N+]([O-])c1ccc(NCCCn2ccc3ccccc32)c([N+](=O)[O-])c1. The Morgan fingerprint density at radius 3 is 2.56 bits per heavy atom. The standard InChI is InChI=1S/C17H16N4O4/c22-20(23)14-6-7-15(17(12-14)21(24)25)18-9-3-10-19-11-8-13-4-1-2-5-16(13)19/h1-2,4-8,11-12,18H,3,9-10H2. The smallest absolute Gasteiger partial charge is 0.299 e. The number of rotatable bonds is 7. The molecule has 0 aliphatic heterocycles. The van der Waals surface area contributed by atoms with E-state index in [0.717, 1.165) is 24.5 Å². The molecule has 0 fully saturated rings. The summed E-state index contributed by atoms with van der Waals surface area (Å²) in [7, 11) is 0. The lowest BCUT2D eigenvalue weighted by molar-refractivity contribution is -0.393. The number of nitrogens with zero attached hydrogens (tertiary/aromatic N) is 3. The van der Waals surface area contributed by atoms with Gasteiger partial charge in [0, 0.05) is 30.9 Å². The molecule has 8 nitrogen and oxygen atoms in total. The molecule has 25 heavy (non-hydrogen) atoms. The molecule has 0 radical (unpaired) electrons. The Morgan fingerprint density at radius 1 is 1.00 bits per heavy atom. The quantitative estimate of drug-likeness (QED) is 0.398. The number of anilines is 1. The number of nitro benzene ring substituents is 2. The van der Waals surface area contributed by atoms with Gasteiger partial charge in [0.25, 0.3) is 11.4 Å². The average Bonchev–Trinajstić information content (AvgIpc) is 3.01. The van der Waals surface area contributed by atoms with Crippen LogP contribution in [-0.4, -0.2) is 21.0 Å². The van der Waals surface area contributed by atoms with Gasteiger partial charge in [0.05, 0.1) is 15.9 Å². The topological polar surface area (TPSA) is 103 Å². The van der Waals surface area contributed by atoms with Crippen LogP contribution >= 0.6 is 0 Å². The van der Waals surface area contributed by atoms with E-state index in [1.807, 2.05) is 36.5 Å². The molecule has 8 heteroatoms. The highest BCUT2D eigenvalue weighted by molar-refractivity contribution is 5.79. The molecule has 3 rings (SSSR count). The largest absolute Gasteiger partial charge is 0.379 e. The highest BCUT2D eigenvalue weighted by Gasteiger charge is 2.18. The first kappa shape index (κ1) is 16.4. The first-order valence-corrected chi connectivity index (χ1v) is 7.77. The molecule has 0 saturated carbocycles. The van der Waals surface area contributed by atoms with E-state index in [1.165, 1.54) is 17.5 Å². The highest BCUT2D eigenvalue weighted by Crippen LogP contribution is 2.28. The normalized spacial score (nSPS) is 10.7. The van der Waals surface area contributed by atoms with Crippen LogP contribution in [0.1, 0.15) is 6.42 Å². The fraction of sp³-hybridized carbons (Fsp3) is 0.176. The summed E-state index contributed by atoms with van der Waals surface area (Å²) in [5, 5.41) is 26.0. The van der Waals surface area contributed by atoms with Gasteiger partial charge in [0.15, 0.2) is 0 Å². The molecule has 0 aliphatic carbocycles. The third kappa shape index (κ3) is 3.57. The van der Waals surface area contributed by atoms with Gasteiger partial charge in [0.1, 0.15) is 5.69 Å². The molecule has 128 valence electrons. The Kier molecular flexibility index (Phi) is 4.60. The Hall–Kier alpha value is -3.42. The van der Waals surface area contributed by atoms with E-state index in [4.69, 9.17) is 0 Å². The summed E-state index contributed by atoms with van der Waals surface area (Å²) in [5.41, 5.74) is 0.841. The zero-order valence-corrected chi connectivity index (χ0v) is 13.3. The zero-order valence-electron chi connectivity index (χ0n) is 13.3. The number of fused-ring (bicyclic) bond motifs is 1. The van der Waals surface area contributed by atoms with Crippen LogP contribution in [0.25, 0.3) is 10.9 Å². The van der Waals surface area contributed by atoms with Gasteiger partial charge in [0.2, 0.25) is 0 Å². The molecule has 0 aliphatic rings. The summed E-state index contributed by atoms with van der Waals surface area (Å²) in [4.78, 5) is 20.6. The van der Waals surface area contributed by atoms with Crippen LogP contribution in [0.3, 0.4) is 0 Å². The summed E-state index contributed by atoms with van der Waals surface area (Å²) in [6.45, 7) is 1.28. The highest BCUT2D eigenvalue weighted by atomic mass is 16.6. The van der Waals surface area contributed by atoms with Crippen molar-refractivity contribution in [3.63, 3.8) is 0 Å². The number of benzene rings is 2. The molecule has 0 amide bonds. The fourth-order valence-electron chi connectivity index (χ4n) is 2.74. The monoisotopic (exact) mass is 340 g/mol. The number of nitro groups is 2. The van der Waals surface area contributed by atoms with Gasteiger partial charge >= 0.3 is 0 Å². The van der Waals surface area contributed by atoms with Gasteiger partial charge in [-0.15, -0.1) is 0 Å². The molecule has 0 atom stereocenters. The van der Waals surface area contributed by atoms with Crippen molar-refractivity contribution in [3.05, 3.63) is 75.0 Å². The number of aryl methyl sites for hydroxylation is 1. The van der Waals surface area contributed by atoms with Gasteiger partial charge in [-0.05, 0) is 30.0 Å². The maximum atomic E-state index is 11.1. The van der Waals surface area contributed by atoms with Gasteiger partial charge in [-0.3, -0.25) is 20.2 Å². The van der Waals surface area contributed by atoms with E-state index in [-0.39, 0.29) is 17.1 Å². The lowest BCUT2D eigenvalue weighted by Gasteiger charge is -2.08. The zero-order chi connectivity index (χ0) is 17.8. The van der Waals surface area contributed by atoms with E-state index >= 15 is 0 Å². The molecule has 0 spiro atoms. The van der Waals surface area contributed by atoms with Crippen LogP contribution < -0.4 is 5.32 Å². The third-order valence-electron chi connectivity index (χ3n) is 3.96. The predicted molar refractivity (Wildman–Crippen MR) is 94.8 cm³/mol. The number of hydrogen-bond donors (Lipinski definition) is 1. The first-order chi connectivity index (χ1) is 12.1. The van der Waals surface area contributed by atoms with Gasteiger partial charge in [-0.25, -0.2) is 0 Å². The van der Waals surface area contributed by atoms with Crippen LogP contribution in [0.5, 0.6) is 0 Å². The van der Waals surface area contributed by atoms with Crippen LogP contribution in [0.15, 0.2) is 54.7 Å². The minimum atomic E-state index is -0.645. The Morgan fingerprint density at radius 2 is 1.80 bits per heavy atom. The summed E-state index contributed by atoms with van der Waals surface area (Å²) in [5.74, 6) is 0. The second kappa shape index (κ2) is 7.00. The summed E-state index contributed by atoms with van der Waals surface area (Å²) in [6.07, 6.45) is 2.77. The molecular weight excluding hydrogens is 324 g/mol. The minimum absolute atomic E-state index is 0.285. The molecular formula is C17H16N4O4. The van der Waals surface area contributed by atoms with Gasteiger partial charge < -0.3 is 9.88 Å². The van der Waals surface area contributed by atoms with E-state index in [0.29, 0.717) is 6.54 Å². The fourth-order valence-corrected chi connectivity index (χ4v) is 2.74. The van der Waals surface area contributed by atoms with Crippen molar-refractivity contribution in [1.82, 2.24) is 4.57 Å². The number of para-hydroxylation sites is 1. The Bertz CT molecular complexity index is 935. The third-order valence-corrected chi connectivity index (χ3v) is 3.96. The maximum absolute atomic E-state index is 11.1. The van der Waals surface area contributed by atoms with Crippen molar-refractivity contribution in [2.75, 3.05) is 11.9 Å². The van der Waals surface area contributed by atoms with Crippen molar-refractivity contribution < 1.29 is 9.85 Å². The summed E-state index contributed by atoms with van der Waals surface area (Å²) < 4.78 is 2.13. The molecule has 0 bridgehead atoms. The molecule has 3 aromatic rings. The maximum Gasteiger partial charge on any atom is 0.299 e. The number of nitrogens with one attached hydrogen (secondary N) is 1. The van der Waals surface area contributed by atoms with E-state index in [9.17, 15) is 20.2 Å². The Balaban J connectivity index is 1.64. The Labute approximate surface area is 143 Å². The summed E-state index contributed by atoms with van der Waals surface area (Å²) >= 11 is 0. The average molecular weight is 340 g/mol. The lowest BCUT2D eigenvalue weighted by atomic mass is 10.2. The van der Waals surface area contributed by atoms with Crippen LogP contribution in [0.2, 0.25) is 0 Å². The first-order valence-electron chi connectivity index (χ1n) is 7.77. The lowest BCUT2D eigenvalue weighted by Crippen LogP contribution is -2.08. The van der Waals surface area contributed by atoms with Crippen LogP contribution in [0, 0.1) is 20.2 Å². The van der Waals surface area contributed by atoms with E-state index in [1.54, 1.807) is 0 Å². The van der Waals surface area contributed by atoms with Crippen LogP contribution in [-0.2, 0) is 6.54 Å². The van der Waals surface area contributed by atoms with Crippen molar-refractivity contribution >= 4 is 28.0 Å². The second-order valence-electron chi connectivity index (χ2n) is 5.56. The summed E-state index contributed by atoms with van der Waals surface area (Å²) in [6, 6.07) is 13.7. The predicted octanol–water partition coefficient (Wildman–Crippen LogP) is 3.96. The van der Waals surface area contributed by atoms with E-state index in [2.05, 4.69) is 9.88 Å². The van der Waals surface area contributed by atoms with Gasteiger partial charge in [-0.2, -0.15) is 0 Å². The molecule has 0 unspecified atom stereocenters. The van der Waals surface area contributed by atoms with Crippen molar-refractivity contribution in [2.45, 2.75) is 13.0 Å². The molecule has 1 heterocycles. The number of hydrogen-bond acceptors (Lipinski definition) is 5. The number of non-ortho nitro benzene ring substituents is 1. The van der Waals surface area contributed by atoms with Crippen molar-refractivity contribution in [2.24, 2.45) is 0 Å². The minimum Gasteiger partial charge on any atom is -0.379 e. The van der Waals surface area contributed by atoms with Crippen molar-refractivity contribution in [1.29, 1.82) is 0 Å². The number of aromatic nitrogens is 1. The second-order valence-corrected chi connectivity index (χ2v) is 5.56. The molecule has 1 aromatic heterocycles. The molecule has 0 saturated heterocycles. The molecule has 2 aromatic carbocycles. The van der Waals surface area contributed by atoms with Gasteiger partial charge in [-0.1, -0.05) is 18.2 Å². The molecule has 1 N–H and O–H groups in total. The van der Waals surface area contributed by atoms with Crippen molar-refractivity contribution in [3.8, 4) is 0 Å². The van der Waals surface area contributed by atoms with Crippen LogP contribution in [0.4, 0.5) is 17.1 Å².